The molecule has 3 heteroatoms. The van der Waals surface area contributed by atoms with Crippen LogP contribution in [0.1, 0.15) is 40.0 Å². The fourth-order valence-electron chi connectivity index (χ4n) is 2.06. The molecule has 0 aliphatic heterocycles. The lowest BCUT2D eigenvalue weighted by atomic mass is 9.95. The zero-order valence-electron chi connectivity index (χ0n) is 11.6. The van der Waals surface area contributed by atoms with Crippen LogP contribution < -0.4 is 5.32 Å². The van der Waals surface area contributed by atoms with Crippen LogP contribution in [0.3, 0.4) is 0 Å². The molecule has 0 aliphatic rings. The molecule has 0 saturated heterocycles. The molecule has 0 rings (SSSR count). The molecule has 98 valence electrons. The molecule has 2 unspecified atom stereocenters. The van der Waals surface area contributed by atoms with Crippen molar-refractivity contribution in [2.45, 2.75) is 52.2 Å². The van der Waals surface area contributed by atoms with E-state index in [0.717, 1.165) is 32.4 Å². The van der Waals surface area contributed by atoms with Crippen LogP contribution in [0.4, 0.5) is 0 Å². The average Bonchev–Trinajstić information content (AvgIpc) is 2.25. The maximum absolute atomic E-state index is 5.60. The first kappa shape index (κ1) is 15.9. The summed E-state index contributed by atoms with van der Waals surface area (Å²) in [7, 11) is 3.56. The SMILES string of the molecule is CCCNC(CCCOC)C(OC)C(C)C. The molecule has 0 radical (unpaired) electrons. The van der Waals surface area contributed by atoms with Crippen LogP contribution >= 0.6 is 0 Å². The van der Waals surface area contributed by atoms with Crippen LogP contribution in [-0.4, -0.2) is 39.5 Å². The molecule has 0 amide bonds. The summed E-state index contributed by atoms with van der Waals surface area (Å²) < 4.78 is 10.7. The predicted octanol–water partition coefficient (Wildman–Crippen LogP) is 2.45. The lowest BCUT2D eigenvalue weighted by Gasteiger charge is -2.30. The molecule has 0 saturated carbocycles. The van der Waals surface area contributed by atoms with Gasteiger partial charge in [0, 0.05) is 26.9 Å². The summed E-state index contributed by atoms with van der Waals surface area (Å²) in [5, 5.41) is 3.58. The normalized spacial score (nSPS) is 15.4. The summed E-state index contributed by atoms with van der Waals surface area (Å²) in [5.41, 5.74) is 0. The van der Waals surface area contributed by atoms with Gasteiger partial charge >= 0.3 is 0 Å². The molecule has 0 spiro atoms. The molecule has 0 aromatic carbocycles. The monoisotopic (exact) mass is 231 g/mol. The van der Waals surface area contributed by atoms with Crippen LogP contribution in [0.25, 0.3) is 0 Å². The van der Waals surface area contributed by atoms with Gasteiger partial charge in [0.25, 0.3) is 0 Å². The van der Waals surface area contributed by atoms with E-state index in [1.165, 1.54) is 0 Å². The van der Waals surface area contributed by atoms with Gasteiger partial charge < -0.3 is 14.8 Å². The molecule has 0 fully saturated rings. The lowest BCUT2D eigenvalue weighted by Crippen LogP contribution is -2.44. The molecular formula is C13H29NO2. The van der Waals surface area contributed by atoms with Gasteiger partial charge in [-0.3, -0.25) is 0 Å². The summed E-state index contributed by atoms with van der Waals surface area (Å²) in [6, 6.07) is 0.445. The quantitative estimate of drug-likeness (QED) is 0.586. The summed E-state index contributed by atoms with van der Waals surface area (Å²) >= 11 is 0. The van der Waals surface area contributed by atoms with E-state index in [4.69, 9.17) is 9.47 Å². The molecule has 0 aromatic heterocycles. The molecule has 2 atom stereocenters. The number of rotatable bonds is 10. The van der Waals surface area contributed by atoms with Crippen molar-refractivity contribution < 1.29 is 9.47 Å². The van der Waals surface area contributed by atoms with Crippen molar-refractivity contribution in [3.05, 3.63) is 0 Å². The third-order valence-corrected chi connectivity index (χ3v) is 2.85. The third-order valence-electron chi connectivity index (χ3n) is 2.85. The molecular weight excluding hydrogens is 202 g/mol. The fourth-order valence-corrected chi connectivity index (χ4v) is 2.06. The van der Waals surface area contributed by atoms with E-state index >= 15 is 0 Å². The standard InChI is InChI=1S/C13H29NO2/c1-6-9-14-12(8-7-10-15-4)13(16-5)11(2)3/h11-14H,6-10H2,1-5H3. The predicted molar refractivity (Wildman–Crippen MR) is 68.8 cm³/mol. The Hall–Kier alpha value is -0.120. The maximum Gasteiger partial charge on any atom is 0.0747 e. The molecule has 0 aromatic rings. The Labute approximate surface area is 101 Å². The Kier molecular flexibility index (Phi) is 9.99. The van der Waals surface area contributed by atoms with Crippen LogP contribution in [0, 0.1) is 5.92 Å². The second-order valence-electron chi connectivity index (χ2n) is 4.64. The topological polar surface area (TPSA) is 30.5 Å². The highest BCUT2D eigenvalue weighted by atomic mass is 16.5. The minimum atomic E-state index is 0.295. The zero-order chi connectivity index (χ0) is 12.4. The zero-order valence-corrected chi connectivity index (χ0v) is 11.6. The van der Waals surface area contributed by atoms with Crippen molar-refractivity contribution in [1.82, 2.24) is 5.32 Å². The van der Waals surface area contributed by atoms with Crippen molar-refractivity contribution in [2.75, 3.05) is 27.4 Å². The number of nitrogens with one attached hydrogen (secondary N) is 1. The van der Waals surface area contributed by atoms with Crippen molar-refractivity contribution in [1.29, 1.82) is 0 Å². The number of ether oxygens (including phenoxy) is 2. The Morgan fingerprint density at radius 3 is 2.31 bits per heavy atom. The van der Waals surface area contributed by atoms with E-state index in [9.17, 15) is 0 Å². The second kappa shape index (κ2) is 10.1. The number of hydrogen-bond acceptors (Lipinski definition) is 3. The largest absolute Gasteiger partial charge is 0.385 e. The smallest absolute Gasteiger partial charge is 0.0747 e. The third kappa shape index (κ3) is 6.46. The van der Waals surface area contributed by atoms with Gasteiger partial charge in [-0.15, -0.1) is 0 Å². The van der Waals surface area contributed by atoms with E-state index in [2.05, 4.69) is 26.1 Å². The lowest BCUT2D eigenvalue weighted by molar-refractivity contribution is 0.0281. The van der Waals surface area contributed by atoms with Gasteiger partial charge in [0.05, 0.1) is 6.10 Å². The number of methoxy groups -OCH3 is 2. The molecule has 0 aliphatic carbocycles. The first-order chi connectivity index (χ1) is 7.67. The number of hydrogen-bond donors (Lipinski definition) is 1. The fraction of sp³-hybridized carbons (Fsp3) is 1.00. The summed E-state index contributed by atoms with van der Waals surface area (Å²) in [6.45, 7) is 8.51. The second-order valence-corrected chi connectivity index (χ2v) is 4.64. The molecule has 0 heterocycles. The van der Waals surface area contributed by atoms with Gasteiger partial charge in [0.15, 0.2) is 0 Å². The minimum absolute atomic E-state index is 0.295. The Morgan fingerprint density at radius 1 is 1.19 bits per heavy atom. The highest BCUT2D eigenvalue weighted by Gasteiger charge is 2.23. The van der Waals surface area contributed by atoms with E-state index in [-0.39, 0.29) is 0 Å². The van der Waals surface area contributed by atoms with Gasteiger partial charge in [-0.2, -0.15) is 0 Å². The Bertz CT molecular complexity index is 151. The van der Waals surface area contributed by atoms with E-state index in [1.54, 1.807) is 7.11 Å². The van der Waals surface area contributed by atoms with Crippen molar-refractivity contribution in [3.63, 3.8) is 0 Å². The molecule has 3 nitrogen and oxygen atoms in total. The minimum Gasteiger partial charge on any atom is -0.385 e. The van der Waals surface area contributed by atoms with Gasteiger partial charge in [-0.05, 0) is 31.7 Å². The van der Waals surface area contributed by atoms with Crippen LogP contribution in [0.15, 0.2) is 0 Å². The van der Waals surface area contributed by atoms with Crippen LogP contribution in [-0.2, 0) is 9.47 Å². The Morgan fingerprint density at radius 2 is 1.88 bits per heavy atom. The summed E-state index contributed by atoms with van der Waals surface area (Å²) in [5.74, 6) is 0.543. The van der Waals surface area contributed by atoms with E-state index in [0.29, 0.717) is 18.1 Å². The van der Waals surface area contributed by atoms with Crippen LogP contribution in [0.2, 0.25) is 0 Å². The maximum atomic E-state index is 5.60. The molecule has 16 heavy (non-hydrogen) atoms. The van der Waals surface area contributed by atoms with Gasteiger partial charge in [0.1, 0.15) is 0 Å². The van der Waals surface area contributed by atoms with Gasteiger partial charge in [-0.25, -0.2) is 0 Å². The molecule has 1 N–H and O–H groups in total. The van der Waals surface area contributed by atoms with Crippen molar-refractivity contribution >= 4 is 0 Å². The van der Waals surface area contributed by atoms with Crippen molar-refractivity contribution in [3.8, 4) is 0 Å². The first-order valence-electron chi connectivity index (χ1n) is 6.42. The van der Waals surface area contributed by atoms with E-state index < -0.39 is 0 Å². The first-order valence-corrected chi connectivity index (χ1v) is 6.42. The summed E-state index contributed by atoms with van der Waals surface area (Å²) in [6.07, 6.45) is 3.66. The van der Waals surface area contributed by atoms with Gasteiger partial charge in [-0.1, -0.05) is 20.8 Å². The van der Waals surface area contributed by atoms with Crippen LogP contribution in [0.5, 0.6) is 0 Å². The average molecular weight is 231 g/mol. The summed E-state index contributed by atoms with van der Waals surface area (Å²) in [4.78, 5) is 0. The van der Waals surface area contributed by atoms with Crippen molar-refractivity contribution in [2.24, 2.45) is 5.92 Å². The highest BCUT2D eigenvalue weighted by Crippen LogP contribution is 2.14. The van der Waals surface area contributed by atoms with Gasteiger partial charge in [0.2, 0.25) is 0 Å². The Balaban J connectivity index is 4.14. The van der Waals surface area contributed by atoms with E-state index in [1.807, 2.05) is 7.11 Å². The molecule has 0 bridgehead atoms. The highest BCUT2D eigenvalue weighted by molar-refractivity contribution is 4.79.